The second-order valence-electron chi connectivity index (χ2n) is 5.23. The van der Waals surface area contributed by atoms with E-state index in [9.17, 15) is 0 Å². The molecule has 0 bridgehead atoms. The van der Waals surface area contributed by atoms with Crippen molar-refractivity contribution in [2.75, 3.05) is 4.90 Å². The molecule has 0 unspecified atom stereocenters. The van der Waals surface area contributed by atoms with Crippen LogP contribution < -0.4 is 4.90 Å². The normalized spacial score (nSPS) is 16.9. The summed E-state index contributed by atoms with van der Waals surface area (Å²) in [6.07, 6.45) is 17.1. The van der Waals surface area contributed by atoms with Gasteiger partial charge in [-0.3, -0.25) is 4.90 Å². The van der Waals surface area contributed by atoms with Crippen molar-refractivity contribution in [2.45, 2.75) is 27.3 Å². The Morgan fingerprint density at radius 3 is 2.62 bits per heavy atom. The standard InChI is InChI=1S/C20H24N4/c1-6-10-11-14-17-15-23-16(5)18(12-7-2)22-20(23)24(17)19(13-8-3)21-9-4/h6-14H,1,3,15H2,2,4-5H3/b11-10-,12-7-,17-14+,19-13+,21-9?. The van der Waals surface area contributed by atoms with Crippen molar-refractivity contribution in [3.63, 3.8) is 0 Å². The molecule has 0 radical (unpaired) electrons. The van der Waals surface area contributed by atoms with Crippen LogP contribution in [-0.4, -0.2) is 15.8 Å². The molecular weight excluding hydrogens is 296 g/mol. The SMILES string of the molecule is C=C/C=C\C=C1/Cn2c(nc(/C=C\C)c2C)N1/C(=C/C=C)N=CC. The summed E-state index contributed by atoms with van der Waals surface area (Å²) in [5.41, 5.74) is 3.23. The number of rotatable bonds is 6. The highest BCUT2D eigenvalue weighted by Gasteiger charge is 2.30. The van der Waals surface area contributed by atoms with E-state index in [1.54, 1.807) is 18.4 Å². The van der Waals surface area contributed by atoms with Crippen LogP contribution in [0.3, 0.4) is 0 Å². The van der Waals surface area contributed by atoms with Crippen LogP contribution in [0.4, 0.5) is 5.95 Å². The maximum Gasteiger partial charge on any atom is 0.216 e. The van der Waals surface area contributed by atoms with Gasteiger partial charge in [0.1, 0.15) is 5.82 Å². The molecule has 0 atom stereocenters. The monoisotopic (exact) mass is 320 g/mol. The Kier molecular flexibility index (Phi) is 5.90. The highest BCUT2D eigenvalue weighted by atomic mass is 15.4. The number of anilines is 1. The van der Waals surface area contributed by atoms with Crippen molar-refractivity contribution in [3.8, 4) is 0 Å². The maximum atomic E-state index is 4.79. The van der Waals surface area contributed by atoms with Crippen molar-refractivity contribution in [3.05, 3.63) is 78.6 Å². The van der Waals surface area contributed by atoms with E-state index >= 15 is 0 Å². The molecule has 1 aromatic heterocycles. The Morgan fingerprint density at radius 2 is 2.00 bits per heavy atom. The van der Waals surface area contributed by atoms with Crippen LogP contribution in [0.2, 0.25) is 0 Å². The fraction of sp³-hybridized carbons (Fsp3) is 0.200. The second-order valence-corrected chi connectivity index (χ2v) is 5.23. The van der Waals surface area contributed by atoms with Crippen molar-refractivity contribution in [2.24, 2.45) is 4.99 Å². The highest BCUT2D eigenvalue weighted by Crippen LogP contribution is 2.35. The Hall–Kier alpha value is -2.88. The van der Waals surface area contributed by atoms with Gasteiger partial charge in [0.05, 0.1) is 12.2 Å². The molecule has 0 saturated heterocycles. The zero-order valence-corrected chi connectivity index (χ0v) is 14.6. The molecule has 0 amide bonds. The number of aromatic nitrogens is 2. The molecule has 0 saturated carbocycles. The van der Waals surface area contributed by atoms with Gasteiger partial charge in [-0.25, -0.2) is 9.98 Å². The first-order chi connectivity index (χ1) is 11.7. The molecule has 2 rings (SSSR count). The molecule has 0 spiro atoms. The van der Waals surface area contributed by atoms with Crippen molar-refractivity contribution in [1.29, 1.82) is 0 Å². The van der Waals surface area contributed by atoms with E-state index in [2.05, 4.69) is 40.6 Å². The topological polar surface area (TPSA) is 33.4 Å². The molecule has 124 valence electrons. The lowest BCUT2D eigenvalue weighted by molar-refractivity contribution is 0.823. The number of allylic oxidation sites excluding steroid dienone is 8. The molecule has 1 aliphatic heterocycles. The third-order valence-corrected chi connectivity index (χ3v) is 3.66. The average Bonchev–Trinajstić information content (AvgIpc) is 3.05. The highest BCUT2D eigenvalue weighted by molar-refractivity contribution is 5.64. The first-order valence-corrected chi connectivity index (χ1v) is 7.97. The summed E-state index contributed by atoms with van der Waals surface area (Å²) in [5, 5.41) is 0. The Balaban J connectivity index is 2.60. The minimum Gasteiger partial charge on any atom is -0.308 e. The second kappa shape index (κ2) is 8.11. The molecule has 0 aromatic carbocycles. The van der Waals surface area contributed by atoms with Crippen LogP contribution in [0.5, 0.6) is 0 Å². The van der Waals surface area contributed by atoms with Gasteiger partial charge in [0.25, 0.3) is 0 Å². The third kappa shape index (κ3) is 3.38. The zero-order chi connectivity index (χ0) is 17.5. The van der Waals surface area contributed by atoms with Gasteiger partial charge in [-0.1, -0.05) is 43.5 Å². The average molecular weight is 320 g/mol. The van der Waals surface area contributed by atoms with E-state index in [1.165, 1.54) is 0 Å². The summed E-state index contributed by atoms with van der Waals surface area (Å²) in [4.78, 5) is 11.4. The van der Waals surface area contributed by atoms with Crippen molar-refractivity contribution < 1.29 is 0 Å². The Morgan fingerprint density at radius 1 is 1.21 bits per heavy atom. The molecule has 1 aliphatic rings. The molecule has 1 aromatic rings. The lowest BCUT2D eigenvalue weighted by atomic mass is 10.3. The van der Waals surface area contributed by atoms with Gasteiger partial charge in [0.2, 0.25) is 5.95 Å². The van der Waals surface area contributed by atoms with Crippen LogP contribution in [0.15, 0.2) is 72.2 Å². The van der Waals surface area contributed by atoms with E-state index in [-0.39, 0.29) is 0 Å². The lowest BCUT2D eigenvalue weighted by Gasteiger charge is -2.18. The van der Waals surface area contributed by atoms with Crippen LogP contribution in [0.1, 0.15) is 25.2 Å². The van der Waals surface area contributed by atoms with Gasteiger partial charge < -0.3 is 4.57 Å². The van der Waals surface area contributed by atoms with Gasteiger partial charge >= 0.3 is 0 Å². The summed E-state index contributed by atoms with van der Waals surface area (Å²) in [6, 6.07) is 0. The van der Waals surface area contributed by atoms with E-state index in [0.717, 1.165) is 35.4 Å². The van der Waals surface area contributed by atoms with Gasteiger partial charge in [-0.05, 0) is 39.0 Å². The summed E-state index contributed by atoms with van der Waals surface area (Å²) in [7, 11) is 0. The summed E-state index contributed by atoms with van der Waals surface area (Å²) in [6.45, 7) is 14.2. The molecular formula is C20H24N4. The first-order valence-electron chi connectivity index (χ1n) is 7.97. The number of hydrogen-bond donors (Lipinski definition) is 0. The van der Waals surface area contributed by atoms with Gasteiger partial charge in [0, 0.05) is 17.6 Å². The molecule has 0 aliphatic carbocycles. The fourth-order valence-electron chi connectivity index (χ4n) is 2.61. The van der Waals surface area contributed by atoms with Gasteiger partial charge in [0.15, 0.2) is 0 Å². The van der Waals surface area contributed by atoms with Gasteiger partial charge in [-0.15, -0.1) is 0 Å². The summed E-state index contributed by atoms with van der Waals surface area (Å²) in [5.74, 6) is 1.67. The minimum absolute atomic E-state index is 0.751. The van der Waals surface area contributed by atoms with Crippen LogP contribution >= 0.6 is 0 Å². The predicted octanol–water partition coefficient (Wildman–Crippen LogP) is 4.79. The van der Waals surface area contributed by atoms with Crippen LogP contribution in [-0.2, 0) is 6.54 Å². The molecule has 4 nitrogen and oxygen atoms in total. The van der Waals surface area contributed by atoms with E-state index in [1.807, 2.05) is 44.2 Å². The number of hydrogen-bond acceptors (Lipinski definition) is 3. The molecule has 2 heterocycles. The Bertz CT molecular complexity index is 770. The zero-order valence-electron chi connectivity index (χ0n) is 14.6. The number of nitrogens with zero attached hydrogens (tertiary/aromatic N) is 4. The van der Waals surface area contributed by atoms with E-state index < -0.39 is 0 Å². The largest absolute Gasteiger partial charge is 0.308 e. The summed E-state index contributed by atoms with van der Waals surface area (Å²) < 4.78 is 2.20. The maximum absolute atomic E-state index is 4.79. The van der Waals surface area contributed by atoms with Gasteiger partial charge in [-0.2, -0.15) is 0 Å². The molecule has 24 heavy (non-hydrogen) atoms. The number of aliphatic imine (C=N–C) groups is 1. The van der Waals surface area contributed by atoms with Crippen LogP contribution in [0.25, 0.3) is 6.08 Å². The Labute approximate surface area is 144 Å². The predicted molar refractivity (Wildman–Crippen MR) is 104 cm³/mol. The molecule has 0 N–H and O–H groups in total. The number of fused-ring (bicyclic) bond motifs is 1. The van der Waals surface area contributed by atoms with Crippen molar-refractivity contribution in [1.82, 2.24) is 9.55 Å². The lowest BCUT2D eigenvalue weighted by Crippen LogP contribution is -2.18. The quantitative estimate of drug-likeness (QED) is 0.558. The van der Waals surface area contributed by atoms with E-state index in [4.69, 9.17) is 4.98 Å². The van der Waals surface area contributed by atoms with Crippen molar-refractivity contribution >= 4 is 18.2 Å². The fourth-order valence-corrected chi connectivity index (χ4v) is 2.61. The smallest absolute Gasteiger partial charge is 0.216 e. The first kappa shape index (κ1) is 17.5. The molecule has 4 heteroatoms. The van der Waals surface area contributed by atoms with E-state index in [0.29, 0.717) is 0 Å². The minimum atomic E-state index is 0.751. The molecule has 0 fully saturated rings. The number of imidazole rings is 1. The van der Waals surface area contributed by atoms with Crippen LogP contribution in [0, 0.1) is 6.92 Å². The summed E-state index contributed by atoms with van der Waals surface area (Å²) >= 11 is 0. The third-order valence-electron chi connectivity index (χ3n) is 3.66.